The zero-order chi connectivity index (χ0) is 19.9. The fourth-order valence-corrected chi connectivity index (χ4v) is 6.84. The number of rotatable bonds is 3. The van der Waals surface area contributed by atoms with Gasteiger partial charge in [-0.2, -0.15) is 4.31 Å². The molecule has 2 saturated carbocycles. The first-order chi connectivity index (χ1) is 13.3. The highest BCUT2D eigenvalue weighted by atomic mass is 32.2. The van der Waals surface area contributed by atoms with Crippen LogP contribution in [0.15, 0.2) is 23.1 Å². The zero-order valence-electron chi connectivity index (χ0n) is 15.9. The number of carbonyl (C=O) groups is 1. The number of sulfonamides is 1. The molecule has 0 atom stereocenters. The molecule has 5 nitrogen and oxygen atoms in total. The Bertz CT molecular complexity index is 862. The topological polar surface area (TPSA) is 57.7 Å². The molecular formula is C20H26F2N2O3S. The van der Waals surface area contributed by atoms with Crippen molar-refractivity contribution in [1.29, 1.82) is 0 Å². The van der Waals surface area contributed by atoms with Gasteiger partial charge in [-0.15, -0.1) is 0 Å². The lowest BCUT2D eigenvalue weighted by atomic mass is 9.78. The average Bonchev–Trinajstić information content (AvgIpc) is 3.18. The fourth-order valence-electron chi connectivity index (χ4n) is 5.30. The maximum absolute atomic E-state index is 14.2. The monoisotopic (exact) mass is 412 g/mol. The molecule has 0 N–H and O–H groups in total. The second-order valence-electron chi connectivity index (χ2n) is 8.33. The number of halogens is 2. The molecule has 1 saturated heterocycles. The number of amides is 1. The van der Waals surface area contributed by atoms with E-state index in [1.165, 1.54) is 0 Å². The predicted octanol–water partition coefficient (Wildman–Crippen LogP) is 3.44. The van der Waals surface area contributed by atoms with E-state index >= 15 is 0 Å². The van der Waals surface area contributed by atoms with Gasteiger partial charge in [0.05, 0.1) is 12.1 Å². The molecule has 1 spiro atoms. The Kier molecular flexibility index (Phi) is 5.20. The largest absolute Gasteiger partial charge is 0.332 e. The average molecular weight is 413 g/mol. The highest BCUT2D eigenvalue weighted by molar-refractivity contribution is 7.89. The standard InChI is InChI=1S/C20H26F2N2O3S/c21-15-8-9-17(22)18(12-15)28(26,27)23-13-19(25)24(16-6-2-3-7-16)20(14-23)10-4-1-5-11-20/h8-9,12,16H,1-7,10-11,13-14H2. The number of nitrogens with zero attached hydrogens (tertiary/aromatic N) is 2. The van der Waals surface area contributed by atoms with E-state index in [0.717, 1.165) is 74.2 Å². The van der Waals surface area contributed by atoms with Crippen molar-refractivity contribution >= 4 is 15.9 Å². The molecule has 2 aliphatic carbocycles. The third kappa shape index (κ3) is 3.34. The molecule has 3 aliphatic rings. The van der Waals surface area contributed by atoms with E-state index < -0.39 is 32.1 Å². The van der Waals surface area contributed by atoms with E-state index in [0.29, 0.717) is 6.07 Å². The van der Waals surface area contributed by atoms with Gasteiger partial charge in [-0.1, -0.05) is 32.1 Å². The van der Waals surface area contributed by atoms with E-state index in [9.17, 15) is 22.0 Å². The lowest BCUT2D eigenvalue weighted by molar-refractivity contribution is -0.150. The summed E-state index contributed by atoms with van der Waals surface area (Å²) in [6, 6.07) is 2.57. The molecule has 154 valence electrons. The molecule has 4 rings (SSSR count). The van der Waals surface area contributed by atoms with Gasteiger partial charge >= 0.3 is 0 Å². The molecular weight excluding hydrogens is 386 g/mol. The molecule has 1 aromatic rings. The molecule has 1 heterocycles. The maximum atomic E-state index is 14.2. The van der Waals surface area contributed by atoms with Crippen molar-refractivity contribution in [3.8, 4) is 0 Å². The minimum Gasteiger partial charge on any atom is -0.332 e. The van der Waals surface area contributed by atoms with Crippen LogP contribution in [0.25, 0.3) is 0 Å². The van der Waals surface area contributed by atoms with Crippen LogP contribution in [-0.2, 0) is 14.8 Å². The molecule has 0 radical (unpaired) electrons. The fraction of sp³-hybridized carbons (Fsp3) is 0.650. The Morgan fingerprint density at radius 2 is 1.68 bits per heavy atom. The number of hydrogen-bond donors (Lipinski definition) is 0. The van der Waals surface area contributed by atoms with Crippen molar-refractivity contribution in [3.63, 3.8) is 0 Å². The van der Waals surface area contributed by atoms with E-state index in [1.807, 2.05) is 4.90 Å². The number of hydrogen-bond acceptors (Lipinski definition) is 3. The van der Waals surface area contributed by atoms with Gasteiger partial charge in [0.15, 0.2) is 0 Å². The summed E-state index contributed by atoms with van der Waals surface area (Å²) >= 11 is 0. The first-order valence-corrected chi connectivity index (χ1v) is 11.5. The van der Waals surface area contributed by atoms with E-state index in [-0.39, 0.29) is 25.0 Å². The normalized spacial score (nSPS) is 24.2. The van der Waals surface area contributed by atoms with Crippen molar-refractivity contribution in [2.24, 2.45) is 0 Å². The Balaban J connectivity index is 1.70. The second-order valence-corrected chi connectivity index (χ2v) is 10.2. The third-order valence-corrected chi connectivity index (χ3v) is 8.35. The lowest BCUT2D eigenvalue weighted by Crippen LogP contribution is -2.68. The zero-order valence-corrected chi connectivity index (χ0v) is 16.7. The van der Waals surface area contributed by atoms with Crippen LogP contribution in [0, 0.1) is 11.6 Å². The molecule has 1 aromatic carbocycles. The molecule has 28 heavy (non-hydrogen) atoms. The Hall–Kier alpha value is -1.54. The van der Waals surface area contributed by atoms with E-state index in [2.05, 4.69) is 0 Å². The Morgan fingerprint density at radius 3 is 2.36 bits per heavy atom. The van der Waals surface area contributed by atoms with Gasteiger partial charge in [0.1, 0.15) is 16.5 Å². The van der Waals surface area contributed by atoms with Crippen LogP contribution in [0.2, 0.25) is 0 Å². The Labute approximate surface area is 164 Å². The van der Waals surface area contributed by atoms with Crippen LogP contribution < -0.4 is 0 Å². The summed E-state index contributed by atoms with van der Waals surface area (Å²) in [4.78, 5) is 14.4. The van der Waals surface area contributed by atoms with Gasteiger partial charge in [-0.05, 0) is 43.9 Å². The first-order valence-electron chi connectivity index (χ1n) is 10.1. The van der Waals surface area contributed by atoms with Crippen LogP contribution in [0.1, 0.15) is 57.8 Å². The van der Waals surface area contributed by atoms with Crippen LogP contribution in [0.5, 0.6) is 0 Å². The van der Waals surface area contributed by atoms with Gasteiger partial charge in [-0.3, -0.25) is 4.79 Å². The highest BCUT2D eigenvalue weighted by Crippen LogP contribution is 2.42. The van der Waals surface area contributed by atoms with Crippen LogP contribution >= 0.6 is 0 Å². The van der Waals surface area contributed by atoms with Crippen LogP contribution in [0.4, 0.5) is 8.78 Å². The van der Waals surface area contributed by atoms with E-state index in [1.54, 1.807) is 0 Å². The van der Waals surface area contributed by atoms with Crippen molar-refractivity contribution in [1.82, 2.24) is 9.21 Å². The van der Waals surface area contributed by atoms with Gasteiger partial charge in [0, 0.05) is 12.6 Å². The second kappa shape index (κ2) is 7.37. The van der Waals surface area contributed by atoms with Gasteiger partial charge in [0.2, 0.25) is 15.9 Å². The molecule has 8 heteroatoms. The van der Waals surface area contributed by atoms with Gasteiger partial charge in [0.25, 0.3) is 0 Å². The SMILES string of the molecule is O=C1CN(S(=O)(=O)c2cc(F)ccc2F)CC2(CCCCC2)N1C1CCCC1. The number of carbonyl (C=O) groups excluding carboxylic acids is 1. The quantitative estimate of drug-likeness (QED) is 0.764. The van der Waals surface area contributed by atoms with Crippen LogP contribution in [-0.4, -0.2) is 48.2 Å². The summed E-state index contributed by atoms with van der Waals surface area (Å²) in [6.07, 6.45) is 8.55. The molecule has 1 amide bonds. The molecule has 0 unspecified atom stereocenters. The lowest BCUT2D eigenvalue weighted by Gasteiger charge is -2.54. The van der Waals surface area contributed by atoms with Gasteiger partial charge in [-0.25, -0.2) is 17.2 Å². The minimum absolute atomic E-state index is 0.160. The Morgan fingerprint density at radius 1 is 1.00 bits per heavy atom. The number of piperazine rings is 1. The van der Waals surface area contributed by atoms with Crippen molar-refractivity contribution in [2.75, 3.05) is 13.1 Å². The van der Waals surface area contributed by atoms with Gasteiger partial charge < -0.3 is 4.90 Å². The molecule has 1 aliphatic heterocycles. The highest BCUT2D eigenvalue weighted by Gasteiger charge is 2.51. The van der Waals surface area contributed by atoms with Crippen LogP contribution in [0.3, 0.4) is 0 Å². The van der Waals surface area contributed by atoms with Crippen molar-refractivity contribution in [3.05, 3.63) is 29.8 Å². The third-order valence-electron chi connectivity index (χ3n) is 6.55. The summed E-state index contributed by atoms with van der Waals surface area (Å²) in [5, 5.41) is 0. The summed E-state index contributed by atoms with van der Waals surface area (Å²) in [7, 11) is -4.30. The van der Waals surface area contributed by atoms with Crippen molar-refractivity contribution < 1.29 is 22.0 Å². The smallest absolute Gasteiger partial charge is 0.246 e. The molecule has 3 fully saturated rings. The molecule has 0 bridgehead atoms. The minimum atomic E-state index is -4.30. The summed E-state index contributed by atoms with van der Waals surface area (Å²) in [6.45, 7) is -0.149. The maximum Gasteiger partial charge on any atom is 0.246 e. The molecule has 0 aromatic heterocycles. The predicted molar refractivity (Wildman–Crippen MR) is 100 cm³/mol. The summed E-state index contributed by atoms with van der Waals surface area (Å²) < 4.78 is 55.1. The van der Waals surface area contributed by atoms with E-state index in [4.69, 9.17) is 0 Å². The first kappa shape index (κ1) is 19.8. The summed E-state index contributed by atoms with van der Waals surface area (Å²) in [5.41, 5.74) is -0.528. The summed E-state index contributed by atoms with van der Waals surface area (Å²) in [5.74, 6) is -2.02. The van der Waals surface area contributed by atoms with Crippen molar-refractivity contribution in [2.45, 2.75) is 74.3 Å². The number of benzene rings is 1.